The molecule has 2 aromatic carbocycles. The molecule has 24 heavy (non-hydrogen) atoms. The van der Waals surface area contributed by atoms with Crippen molar-refractivity contribution in [1.82, 2.24) is 0 Å². The number of ether oxygens (including phenoxy) is 2. The Morgan fingerprint density at radius 2 is 1.96 bits per heavy atom. The van der Waals surface area contributed by atoms with Gasteiger partial charge in [0, 0.05) is 11.1 Å². The highest BCUT2D eigenvalue weighted by atomic mass is 16.7. The number of nitrogens with zero attached hydrogens (tertiary/aromatic N) is 1. The summed E-state index contributed by atoms with van der Waals surface area (Å²) < 4.78 is 10.8. The standard InChI is InChI=1S/C19H23N3O2/c1-13-5-4-6-15(9-13)22-18(20)21-11-19(2,3)14-7-8-16-17(10-14)24-12-23-16/h4-10H,11-12H2,1-3H3,(H3,20,21,22). The second-order valence-electron chi connectivity index (χ2n) is 6.65. The average molecular weight is 325 g/mol. The van der Waals surface area contributed by atoms with Gasteiger partial charge in [-0.15, -0.1) is 0 Å². The molecule has 0 aromatic heterocycles. The van der Waals surface area contributed by atoms with Crippen molar-refractivity contribution < 1.29 is 9.47 Å². The van der Waals surface area contributed by atoms with Crippen molar-refractivity contribution in [2.24, 2.45) is 10.7 Å². The molecular formula is C19H23N3O2. The predicted molar refractivity (Wildman–Crippen MR) is 96.9 cm³/mol. The van der Waals surface area contributed by atoms with Gasteiger partial charge in [0.05, 0.1) is 6.54 Å². The van der Waals surface area contributed by atoms with Crippen LogP contribution in [0.25, 0.3) is 0 Å². The van der Waals surface area contributed by atoms with Crippen LogP contribution in [0.2, 0.25) is 0 Å². The maximum absolute atomic E-state index is 6.03. The molecule has 0 aliphatic carbocycles. The summed E-state index contributed by atoms with van der Waals surface area (Å²) in [5.41, 5.74) is 9.11. The van der Waals surface area contributed by atoms with E-state index in [1.807, 2.05) is 49.4 Å². The van der Waals surface area contributed by atoms with E-state index < -0.39 is 0 Å². The van der Waals surface area contributed by atoms with Crippen molar-refractivity contribution in [1.29, 1.82) is 0 Å². The summed E-state index contributed by atoms with van der Waals surface area (Å²) in [6.45, 7) is 7.16. The van der Waals surface area contributed by atoms with Crippen LogP contribution in [0.4, 0.5) is 5.69 Å². The van der Waals surface area contributed by atoms with E-state index in [2.05, 4.69) is 24.2 Å². The number of benzene rings is 2. The SMILES string of the molecule is Cc1cccc(NC(N)=NCC(C)(C)c2ccc3c(c2)OCO3)c1. The van der Waals surface area contributed by atoms with Gasteiger partial charge in [0.2, 0.25) is 6.79 Å². The van der Waals surface area contributed by atoms with Gasteiger partial charge < -0.3 is 20.5 Å². The van der Waals surface area contributed by atoms with Crippen molar-refractivity contribution >= 4 is 11.6 Å². The molecular weight excluding hydrogens is 302 g/mol. The zero-order chi connectivity index (χ0) is 17.2. The van der Waals surface area contributed by atoms with Crippen molar-refractivity contribution in [3.63, 3.8) is 0 Å². The van der Waals surface area contributed by atoms with Crippen LogP contribution >= 0.6 is 0 Å². The molecule has 0 unspecified atom stereocenters. The summed E-state index contributed by atoms with van der Waals surface area (Å²) in [6.07, 6.45) is 0. The normalized spacial score (nSPS) is 13.9. The smallest absolute Gasteiger partial charge is 0.231 e. The Bertz CT molecular complexity index is 769. The van der Waals surface area contributed by atoms with Gasteiger partial charge in [0.25, 0.3) is 0 Å². The number of anilines is 1. The van der Waals surface area contributed by atoms with Gasteiger partial charge >= 0.3 is 0 Å². The Labute approximate surface area is 142 Å². The van der Waals surface area contributed by atoms with E-state index in [0.29, 0.717) is 12.5 Å². The van der Waals surface area contributed by atoms with E-state index in [4.69, 9.17) is 15.2 Å². The molecule has 0 atom stereocenters. The fraction of sp³-hybridized carbons (Fsp3) is 0.316. The monoisotopic (exact) mass is 325 g/mol. The van der Waals surface area contributed by atoms with Crippen molar-refractivity contribution in [3.05, 3.63) is 53.6 Å². The maximum atomic E-state index is 6.03. The number of rotatable bonds is 4. The number of hydrogen-bond donors (Lipinski definition) is 2. The number of aliphatic imine (C=N–C) groups is 1. The highest BCUT2D eigenvalue weighted by molar-refractivity contribution is 5.92. The number of nitrogens with two attached hydrogens (primary N) is 1. The first kappa shape index (κ1) is 16.2. The Balaban J connectivity index is 1.69. The topological polar surface area (TPSA) is 68.9 Å². The van der Waals surface area contributed by atoms with Crippen molar-refractivity contribution in [2.75, 3.05) is 18.7 Å². The largest absolute Gasteiger partial charge is 0.454 e. The number of fused-ring (bicyclic) bond motifs is 1. The Morgan fingerprint density at radius 1 is 1.17 bits per heavy atom. The Hall–Kier alpha value is -2.69. The first-order chi connectivity index (χ1) is 11.4. The van der Waals surface area contributed by atoms with E-state index >= 15 is 0 Å². The summed E-state index contributed by atoms with van der Waals surface area (Å²) >= 11 is 0. The molecule has 126 valence electrons. The third-order valence-electron chi connectivity index (χ3n) is 4.09. The third kappa shape index (κ3) is 3.62. The molecule has 0 spiro atoms. The van der Waals surface area contributed by atoms with E-state index in [9.17, 15) is 0 Å². The number of hydrogen-bond acceptors (Lipinski definition) is 3. The molecule has 1 heterocycles. The van der Waals surface area contributed by atoms with Gasteiger partial charge in [-0.1, -0.05) is 32.0 Å². The molecule has 1 aliphatic heterocycles. The fourth-order valence-electron chi connectivity index (χ4n) is 2.60. The maximum Gasteiger partial charge on any atom is 0.231 e. The van der Waals surface area contributed by atoms with Crippen molar-refractivity contribution in [3.8, 4) is 11.5 Å². The van der Waals surface area contributed by atoms with Crippen LogP contribution in [0.5, 0.6) is 11.5 Å². The second-order valence-corrected chi connectivity index (χ2v) is 6.65. The molecule has 5 nitrogen and oxygen atoms in total. The van der Waals surface area contributed by atoms with E-state index in [-0.39, 0.29) is 12.2 Å². The van der Waals surface area contributed by atoms with Gasteiger partial charge in [-0.25, -0.2) is 0 Å². The van der Waals surface area contributed by atoms with Crippen LogP contribution in [-0.4, -0.2) is 19.3 Å². The molecule has 0 saturated heterocycles. The third-order valence-corrected chi connectivity index (χ3v) is 4.09. The van der Waals surface area contributed by atoms with Gasteiger partial charge in [0.1, 0.15) is 0 Å². The number of guanidine groups is 1. The summed E-state index contributed by atoms with van der Waals surface area (Å²) in [7, 11) is 0. The number of nitrogens with one attached hydrogen (secondary N) is 1. The summed E-state index contributed by atoms with van der Waals surface area (Å²) in [5.74, 6) is 1.99. The summed E-state index contributed by atoms with van der Waals surface area (Å²) in [5, 5.41) is 3.13. The van der Waals surface area contributed by atoms with Gasteiger partial charge in [-0.2, -0.15) is 0 Å². The minimum absolute atomic E-state index is 0.167. The molecule has 5 heteroatoms. The fourth-order valence-corrected chi connectivity index (χ4v) is 2.60. The van der Waals surface area contributed by atoms with Gasteiger partial charge in [-0.05, 0) is 42.3 Å². The summed E-state index contributed by atoms with van der Waals surface area (Å²) in [6, 6.07) is 14.0. The highest BCUT2D eigenvalue weighted by Crippen LogP contribution is 2.36. The molecule has 3 rings (SSSR count). The van der Waals surface area contributed by atoms with Crippen LogP contribution in [-0.2, 0) is 5.41 Å². The number of aryl methyl sites for hydroxylation is 1. The zero-order valence-electron chi connectivity index (χ0n) is 14.3. The van der Waals surface area contributed by atoms with Crippen LogP contribution < -0.4 is 20.5 Å². The molecule has 1 aliphatic rings. The first-order valence-electron chi connectivity index (χ1n) is 7.98. The lowest BCUT2D eigenvalue weighted by Gasteiger charge is -2.23. The quantitative estimate of drug-likeness (QED) is 0.667. The van der Waals surface area contributed by atoms with Gasteiger partial charge in [-0.3, -0.25) is 4.99 Å². The predicted octanol–water partition coefficient (Wildman–Crippen LogP) is 3.43. The zero-order valence-corrected chi connectivity index (χ0v) is 14.3. The lowest BCUT2D eigenvalue weighted by molar-refractivity contribution is 0.174. The van der Waals surface area contributed by atoms with Gasteiger partial charge in [0.15, 0.2) is 17.5 Å². The van der Waals surface area contributed by atoms with Crippen LogP contribution in [0.15, 0.2) is 47.5 Å². The second kappa shape index (κ2) is 6.43. The Kier molecular flexibility index (Phi) is 4.34. The molecule has 0 bridgehead atoms. The highest BCUT2D eigenvalue weighted by Gasteiger charge is 2.24. The van der Waals surface area contributed by atoms with Crippen LogP contribution in [0.1, 0.15) is 25.0 Å². The van der Waals surface area contributed by atoms with E-state index in [1.54, 1.807) is 0 Å². The first-order valence-corrected chi connectivity index (χ1v) is 7.98. The molecule has 3 N–H and O–H groups in total. The molecule has 0 amide bonds. The van der Waals surface area contributed by atoms with Crippen LogP contribution in [0.3, 0.4) is 0 Å². The minimum atomic E-state index is -0.167. The molecule has 0 saturated carbocycles. The molecule has 0 fully saturated rings. The average Bonchev–Trinajstić information content (AvgIpc) is 3.01. The minimum Gasteiger partial charge on any atom is -0.454 e. The van der Waals surface area contributed by atoms with Crippen molar-refractivity contribution in [2.45, 2.75) is 26.2 Å². The molecule has 2 aromatic rings. The van der Waals surface area contributed by atoms with Crippen LogP contribution in [0, 0.1) is 6.92 Å². The Morgan fingerprint density at radius 3 is 2.75 bits per heavy atom. The lowest BCUT2D eigenvalue weighted by Crippen LogP contribution is -2.27. The van der Waals surface area contributed by atoms with E-state index in [1.165, 1.54) is 5.56 Å². The molecule has 0 radical (unpaired) electrons. The lowest BCUT2D eigenvalue weighted by atomic mass is 9.84. The van der Waals surface area contributed by atoms with E-state index in [0.717, 1.165) is 22.7 Å². The summed E-state index contributed by atoms with van der Waals surface area (Å²) in [4.78, 5) is 4.50.